The Kier molecular flexibility index (Phi) is 4.97. The summed E-state index contributed by atoms with van der Waals surface area (Å²) in [6.07, 6.45) is 0.906. The van der Waals surface area contributed by atoms with Gasteiger partial charge < -0.3 is 5.32 Å². The number of rotatable bonds is 5. The zero-order valence-electron chi connectivity index (χ0n) is 11.6. The number of halogens is 1. The van der Waals surface area contributed by atoms with E-state index in [1.54, 1.807) is 0 Å². The van der Waals surface area contributed by atoms with Crippen LogP contribution in [-0.2, 0) is 10.2 Å². The topological polar surface area (TPSA) is 29.1 Å². The van der Waals surface area contributed by atoms with Crippen molar-refractivity contribution in [1.29, 1.82) is 0 Å². The molecule has 1 aromatic rings. The highest BCUT2D eigenvalue weighted by molar-refractivity contribution is 9.09. The lowest BCUT2D eigenvalue weighted by Crippen LogP contribution is -2.50. The van der Waals surface area contributed by atoms with E-state index in [9.17, 15) is 4.79 Å². The van der Waals surface area contributed by atoms with Gasteiger partial charge in [-0.25, -0.2) is 0 Å². The molecule has 0 bridgehead atoms. The summed E-state index contributed by atoms with van der Waals surface area (Å²) in [5.74, 6) is 0.0691. The highest BCUT2D eigenvalue weighted by Gasteiger charge is 2.32. The molecule has 0 atom stereocenters. The Bertz CT molecular complexity index is 398. The van der Waals surface area contributed by atoms with Crippen molar-refractivity contribution >= 4 is 21.8 Å². The van der Waals surface area contributed by atoms with E-state index < -0.39 is 5.41 Å². The van der Waals surface area contributed by atoms with Gasteiger partial charge in [0, 0.05) is 10.9 Å². The minimum atomic E-state index is -0.509. The van der Waals surface area contributed by atoms with E-state index >= 15 is 0 Å². The van der Waals surface area contributed by atoms with Gasteiger partial charge in [-0.1, -0.05) is 46.3 Å². The van der Waals surface area contributed by atoms with Crippen molar-refractivity contribution in [1.82, 2.24) is 5.32 Å². The van der Waals surface area contributed by atoms with Crippen LogP contribution in [0.15, 0.2) is 30.3 Å². The number of amides is 1. The average molecular weight is 312 g/mol. The number of hydrogen-bond donors (Lipinski definition) is 1. The Morgan fingerprint density at radius 1 is 1.17 bits per heavy atom. The van der Waals surface area contributed by atoms with Gasteiger partial charge in [-0.15, -0.1) is 0 Å². The monoisotopic (exact) mass is 311 g/mol. The Morgan fingerprint density at radius 3 is 2.22 bits per heavy atom. The summed E-state index contributed by atoms with van der Waals surface area (Å²) in [4.78, 5) is 12.4. The molecular formula is C15H22BrNO. The molecule has 100 valence electrons. The first-order chi connectivity index (χ1) is 8.29. The first kappa shape index (κ1) is 15.2. The predicted octanol–water partition coefficient (Wildman–Crippen LogP) is 3.64. The third-order valence-electron chi connectivity index (χ3n) is 3.23. The van der Waals surface area contributed by atoms with E-state index in [-0.39, 0.29) is 11.4 Å². The third kappa shape index (κ3) is 3.84. The molecule has 0 saturated heterocycles. The molecule has 0 spiro atoms. The summed E-state index contributed by atoms with van der Waals surface area (Å²) in [5, 5.41) is 4.01. The Balaban J connectivity index is 2.83. The van der Waals surface area contributed by atoms with Crippen molar-refractivity contribution in [2.45, 2.75) is 45.1 Å². The maximum atomic E-state index is 12.4. The fourth-order valence-corrected chi connectivity index (χ4v) is 2.74. The SMILES string of the molecule is CC(C)(CCBr)NC(=O)C(C)(C)c1ccccc1. The van der Waals surface area contributed by atoms with E-state index in [2.05, 4.69) is 21.2 Å². The summed E-state index contributed by atoms with van der Waals surface area (Å²) >= 11 is 3.42. The molecule has 0 unspecified atom stereocenters. The van der Waals surface area contributed by atoms with Crippen molar-refractivity contribution in [2.24, 2.45) is 0 Å². The molecule has 3 heteroatoms. The zero-order valence-corrected chi connectivity index (χ0v) is 13.2. The first-order valence-corrected chi connectivity index (χ1v) is 7.36. The van der Waals surface area contributed by atoms with Crippen LogP contribution in [0.3, 0.4) is 0 Å². The van der Waals surface area contributed by atoms with Gasteiger partial charge in [0.25, 0.3) is 0 Å². The Hall–Kier alpha value is -0.830. The molecule has 0 heterocycles. The van der Waals surface area contributed by atoms with Crippen LogP contribution in [0.4, 0.5) is 0 Å². The number of nitrogens with one attached hydrogen (secondary N) is 1. The molecule has 0 radical (unpaired) electrons. The van der Waals surface area contributed by atoms with E-state index in [1.807, 2.05) is 58.0 Å². The molecule has 0 aliphatic rings. The highest BCUT2D eigenvalue weighted by Crippen LogP contribution is 2.24. The molecule has 0 aliphatic carbocycles. The van der Waals surface area contributed by atoms with Gasteiger partial charge in [0.2, 0.25) is 5.91 Å². The van der Waals surface area contributed by atoms with Gasteiger partial charge >= 0.3 is 0 Å². The minimum absolute atomic E-state index is 0.0691. The normalized spacial score (nSPS) is 12.3. The van der Waals surface area contributed by atoms with Crippen LogP contribution >= 0.6 is 15.9 Å². The zero-order chi connectivity index (χ0) is 13.8. The number of benzene rings is 1. The fraction of sp³-hybridized carbons (Fsp3) is 0.533. The Labute approximate surface area is 118 Å². The molecule has 1 aromatic carbocycles. The van der Waals surface area contributed by atoms with Crippen molar-refractivity contribution in [2.75, 3.05) is 5.33 Å². The van der Waals surface area contributed by atoms with Gasteiger partial charge in [0.15, 0.2) is 0 Å². The summed E-state index contributed by atoms with van der Waals surface area (Å²) < 4.78 is 0. The van der Waals surface area contributed by atoms with Gasteiger partial charge in [-0.05, 0) is 39.7 Å². The van der Waals surface area contributed by atoms with Gasteiger partial charge in [0.1, 0.15) is 0 Å². The second kappa shape index (κ2) is 5.87. The summed E-state index contributed by atoms with van der Waals surface area (Å²) in [5.41, 5.74) is 0.342. The molecule has 18 heavy (non-hydrogen) atoms. The van der Waals surface area contributed by atoms with Gasteiger partial charge in [0.05, 0.1) is 5.41 Å². The predicted molar refractivity (Wildman–Crippen MR) is 80.1 cm³/mol. The molecule has 0 saturated carbocycles. The second-order valence-corrected chi connectivity index (χ2v) is 6.56. The maximum Gasteiger partial charge on any atom is 0.230 e. The molecule has 2 nitrogen and oxygen atoms in total. The number of carbonyl (C=O) groups excluding carboxylic acids is 1. The standard InChI is InChI=1S/C15H22BrNO/c1-14(2,10-11-16)17-13(18)15(3,4)12-8-6-5-7-9-12/h5-9H,10-11H2,1-4H3,(H,17,18). The largest absolute Gasteiger partial charge is 0.350 e. The molecule has 1 rings (SSSR count). The van der Waals surface area contributed by atoms with E-state index in [0.717, 1.165) is 17.3 Å². The van der Waals surface area contributed by atoms with Crippen LogP contribution in [-0.4, -0.2) is 16.8 Å². The van der Waals surface area contributed by atoms with Crippen LogP contribution in [0, 0.1) is 0 Å². The van der Waals surface area contributed by atoms with Crippen molar-refractivity contribution in [3.8, 4) is 0 Å². The van der Waals surface area contributed by atoms with Crippen LogP contribution in [0.5, 0.6) is 0 Å². The summed E-state index contributed by atoms with van der Waals surface area (Å²) in [6.45, 7) is 8.02. The Morgan fingerprint density at radius 2 is 1.72 bits per heavy atom. The van der Waals surface area contributed by atoms with Gasteiger partial charge in [-0.3, -0.25) is 4.79 Å². The highest BCUT2D eigenvalue weighted by atomic mass is 79.9. The maximum absolute atomic E-state index is 12.4. The fourth-order valence-electron chi connectivity index (χ4n) is 1.75. The lowest BCUT2D eigenvalue weighted by atomic mass is 9.83. The summed E-state index contributed by atoms with van der Waals surface area (Å²) in [7, 11) is 0. The van der Waals surface area contributed by atoms with Crippen molar-refractivity contribution in [3.63, 3.8) is 0 Å². The van der Waals surface area contributed by atoms with Crippen LogP contribution in [0.2, 0.25) is 0 Å². The summed E-state index contributed by atoms with van der Waals surface area (Å²) in [6, 6.07) is 9.89. The van der Waals surface area contributed by atoms with Crippen LogP contribution < -0.4 is 5.32 Å². The molecule has 1 N–H and O–H groups in total. The third-order valence-corrected chi connectivity index (χ3v) is 3.63. The van der Waals surface area contributed by atoms with E-state index in [4.69, 9.17) is 0 Å². The number of carbonyl (C=O) groups is 1. The molecule has 0 aliphatic heterocycles. The molecule has 0 fully saturated rings. The smallest absolute Gasteiger partial charge is 0.230 e. The molecule has 1 amide bonds. The second-order valence-electron chi connectivity index (χ2n) is 5.77. The average Bonchev–Trinajstić information content (AvgIpc) is 2.29. The van der Waals surface area contributed by atoms with Crippen molar-refractivity contribution in [3.05, 3.63) is 35.9 Å². The number of alkyl halides is 1. The lowest BCUT2D eigenvalue weighted by Gasteiger charge is -2.32. The van der Waals surface area contributed by atoms with Crippen LogP contribution in [0.25, 0.3) is 0 Å². The number of hydrogen-bond acceptors (Lipinski definition) is 1. The molecular weight excluding hydrogens is 290 g/mol. The van der Waals surface area contributed by atoms with Crippen LogP contribution in [0.1, 0.15) is 39.7 Å². The van der Waals surface area contributed by atoms with Crippen molar-refractivity contribution < 1.29 is 4.79 Å². The first-order valence-electron chi connectivity index (χ1n) is 6.24. The van der Waals surface area contributed by atoms with E-state index in [1.165, 1.54) is 0 Å². The van der Waals surface area contributed by atoms with Gasteiger partial charge in [-0.2, -0.15) is 0 Å². The minimum Gasteiger partial charge on any atom is -0.350 e. The van der Waals surface area contributed by atoms with E-state index in [0.29, 0.717) is 0 Å². The quantitative estimate of drug-likeness (QED) is 0.826. The lowest BCUT2D eigenvalue weighted by molar-refractivity contribution is -0.127. The molecule has 0 aromatic heterocycles.